The van der Waals surface area contributed by atoms with Crippen molar-refractivity contribution in [2.24, 2.45) is 0 Å². The average molecular weight is 402 g/mol. The Balaban J connectivity index is 1.54. The molecular weight excluding hydrogens is 378 g/mol. The second kappa shape index (κ2) is 8.80. The summed E-state index contributed by atoms with van der Waals surface area (Å²) in [6, 6.07) is 26.6. The minimum atomic E-state index is 0.164. The van der Waals surface area contributed by atoms with Crippen molar-refractivity contribution in [2.45, 2.75) is 5.92 Å². The third-order valence-electron chi connectivity index (χ3n) is 4.99. The van der Waals surface area contributed by atoms with E-state index in [1.165, 1.54) is 16.5 Å². The van der Waals surface area contributed by atoms with Gasteiger partial charge in [0.25, 0.3) is 0 Å². The quantitative estimate of drug-likeness (QED) is 0.384. The monoisotopic (exact) mass is 401 g/mol. The minimum absolute atomic E-state index is 0.164. The molecule has 0 fully saturated rings. The van der Waals surface area contributed by atoms with Crippen LogP contribution in [0.25, 0.3) is 10.9 Å². The van der Waals surface area contributed by atoms with E-state index >= 15 is 0 Å². The highest BCUT2D eigenvalue weighted by molar-refractivity contribution is 7.80. The van der Waals surface area contributed by atoms with Crippen LogP contribution in [-0.4, -0.2) is 23.8 Å². The number of rotatable bonds is 6. The Morgan fingerprint density at radius 2 is 1.79 bits per heavy atom. The lowest BCUT2D eigenvalue weighted by Gasteiger charge is -2.20. The van der Waals surface area contributed by atoms with Gasteiger partial charge in [0.05, 0.1) is 7.11 Å². The maximum Gasteiger partial charge on any atom is 0.170 e. The number of methoxy groups -OCH3 is 1. The molecule has 4 aromatic rings. The molecule has 0 saturated carbocycles. The summed E-state index contributed by atoms with van der Waals surface area (Å²) in [6.07, 6.45) is 2.10. The van der Waals surface area contributed by atoms with Gasteiger partial charge in [0.1, 0.15) is 5.75 Å². The van der Waals surface area contributed by atoms with Crippen LogP contribution >= 0.6 is 12.2 Å². The topological polar surface area (TPSA) is 49.1 Å². The number of thiocarbonyl (C=S) groups is 1. The summed E-state index contributed by atoms with van der Waals surface area (Å²) in [5.74, 6) is 0.955. The molecule has 5 heteroatoms. The van der Waals surface area contributed by atoms with Gasteiger partial charge in [-0.2, -0.15) is 0 Å². The molecule has 0 aliphatic heterocycles. The van der Waals surface area contributed by atoms with E-state index in [0.717, 1.165) is 17.0 Å². The fourth-order valence-corrected chi connectivity index (χ4v) is 3.75. The van der Waals surface area contributed by atoms with Crippen LogP contribution in [0.5, 0.6) is 5.75 Å². The lowest BCUT2D eigenvalue weighted by atomic mass is 9.91. The molecule has 0 spiro atoms. The van der Waals surface area contributed by atoms with Crippen LogP contribution in [0.1, 0.15) is 17.0 Å². The van der Waals surface area contributed by atoms with Gasteiger partial charge in [-0.1, -0.05) is 54.6 Å². The summed E-state index contributed by atoms with van der Waals surface area (Å²) in [6.45, 7) is 0.682. The van der Waals surface area contributed by atoms with Gasteiger partial charge in [-0.25, -0.2) is 0 Å². The number of ether oxygens (including phenoxy) is 1. The number of hydrogen-bond acceptors (Lipinski definition) is 2. The van der Waals surface area contributed by atoms with Crippen molar-refractivity contribution in [3.05, 3.63) is 96.2 Å². The van der Waals surface area contributed by atoms with Crippen LogP contribution in [0.15, 0.2) is 85.1 Å². The Bertz CT molecular complexity index is 1110. The highest BCUT2D eigenvalue weighted by Gasteiger charge is 2.18. The molecule has 3 N–H and O–H groups in total. The molecule has 0 saturated heterocycles. The van der Waals surface area contributed by atoms with Crippen molar-refractivity contribution >= 4 is 33.9 Å². The number of fused-ring (bicyclic) bond motifs is 1. The molecule has 1 aromatic heterocycles. The number of aromatic amines is 1. The number of H-pyrrole nitrogens is 1. The summed E-state index contributed by atoms with van der Waals surface area (Å²) in [5, 5.41) is 8.44. The second-order valence-electron chi connectivity index (χ2n) is 6.82. The Kier molecular flexibility index (Phi) is 5.77. The molecule has 0 bridgehead atoms. The van der Waals surface area contributed by atoms with E-state index < -0.39 is 0 Å². The first-order valence-electron chi connectivity index (χ1n) is 9.54. The largest absolute Gasteiger partial charge is 0.497 e. The van der Waals surface area contributed by atoms with Crippen LogP contribution in [0.3, 0.4) is 0 Å². The Labute approximate surface area is 175 Å². The van der Waals surface area contributed by atoms with E-state index in [1.807, 2.05) is 36.4 Å². The molecule has 29 heavy (non-hydrogen) atoms. The van der Waals surface area contributed by atoms with Crippen molar-refractivity contribution < 1.29 is 4.74 Å². The highest BCUT2D eigenvalue weighted by Crippen LogP contribution is 2.30. The Hall–Kier alpha value is -3.31. The van der Waals surface area contributed by atoms with Gasteiger partial charge in [-0.3, -0.25) is 0 Å². The number of aromatic nitrogens is 1. The number of hydrogen-bond donors (Lipinski definition) is 3. The Morgan fingerprint density at radius 1 is 1.00 bits per heavy atom. The van der Waals surface area contributed by atoms with E-state index in [0.29, 0.717) is 11.7 Å². The zero-order valence-electron chi connectivity index (χ0n) is 16.2. The molecule has 4 nitrogen and oxygen atoms in total. The number of nitrogens with one attached hydrogen (secondary N) is 3. The van der Waals surface area contributed by atoms with Gasteiger partial charge in [0.15, 0.2) is 5.11 Å². The molecule has 1 heterocycles. The van der Waals surface area contributed by atoms with Gasteiger partial charge in [-0.05, 0) is 41.5 Å². The van der Waals surface area contributed by atoms with E-state index in [-0.39, 0.29) is 5.92 Å². The maximum absolute atomic E-state index is 5.54. The molecule has 1 atom stereocenters. The average Bonchev–Trinajstić information content (AvgIpc) is 3.19. The van der Waals surface area contributed by atoms with Gasteiger partial charge in [0, 0.05) is 41.3 Å². The summed E-state index contributed by atoms with van der Waals surface area (Å²) in [7, 11) is 1.65. The molecule has 0 unspecified atom stereocenters. The van der Waals surface area contributed by atoms with E-state index in [1.54, 1.807) is 7.11 Å². The first-order valence-corrected chi connectivity index (χ1v) is 9.95. The van der Waals surface area contributed by atoms with Crippen LogP contribution in [-0.2, 0) is 0 Å². The maximum atomic E-state index is 5.54. The van der Waals surface area contributed by atoms with Gasteiger partial charge < -0.3 is 20.4 Å². The summed E-state index contributed by atoms with van der Waals surface area (Å²) in [4.78, 5) is 3.39. The van der Waals surface area contributed by atoms with Crippen molar-refractivity contribution in [3.8, 4) is 5.75 Å². The first-order chi connectivity index (χ1) is 14.2. The zero-order valence-corrected chi connectivity index (χ0v) is 17.0. The fourth-order valence-electron chi connectivity index (χ4n) is 3.55. The lowest BCUT2D eigenvalue weighted by molar-refractivity contribution is 0.415. The molecule has 0 amide bonds. The zero-order chi connectivity index (χ0) is 20.1. The molecule has 0 radical (unpaired) electrons. The third kappa shape index (κ3) is 4.41. The lowest BCUT2D eigenvalue weighted by Crippen LogP contribution is -2.32. The van der Waals surface area contributed by atoms with Crippen LogP contribution in [0, 0.1) is 0 Å². The normalized spacial score (nSPS) is 11.8. The van der Waals surface area contributed by atoms with Crippen LogP contribution < -0.4 is 15.4 Å². The predicted octanol–water partition coefficient (Wildman–Crippen LogP) is 5.30. The molecular formula is C24H23N3OS. The summed E-state index contributed by atoms with van der Waals surface area (Å²) < 4.78 is 5.28. The van der Waals surface area contributed by atoms with Crippen molar-refractivity contribution in [1.29, 1.82) is 0 Å². The molecule has 146 valence electrons. The fraction of sp³-hybridized carbons (Fsp3) is 0.125. The molecule has 0 aliphatic carbocycles. The summed E-state index contributed by atoms with van der Waals surface area (Å²) in [5.41, 5.74) is 4.53. The number of anilines is 1. The van der Waals surface area contributed by atoms with E-state index in [4.69, 9.17) is 17.0 Å². The molecule has 3 aromatic carbocycles. The molecule has 0 aliphatic rings. The van der Waals surface area contributed by atoms with Crippen LogP contribution in [0.4, 0.5) is 5.69 Å². The highest BCUT2D eigenvalue weighted by atomic mass is 32.1. The van der Waals surface area contributed by atoms with Gasteiger partial charge in [0.2, 0.25) is 0 Å². The van der Waals surface area contributed by atoms with E-state index in [2.05, 4.69) is 64.3 Å². The second-order valence-corrected chi connectivity index (χ2v) is 7.23. The van der Waals surface area contributed by atoms with Crippen molar-refractivity contribution in [1.82, 2.24) is 10.3 Å². The minimum Gasteiger partial charge on any atom is -0.497 e. The number of benzene rings is 3. The van der Waals surface area contributed by atoms with Crippen molar-refractivity contribution in [3.63, 3.8) is 0 Å². The van der Waals surface area contributed by atoms with Crippen LogP contribution in [0.2, 0.25) is 0 Å². The summed E-state index contributed by atoms with van der Waals surface area (Å²) >= 11 is 5.54. The van der Waals surface area contributed by atoms with E-state index in [9.17, 15) is 0 Å². The van der Waals surface area contributed by atoms with Gasteiger partial charge in [-0.15, -0.1) is 0 Å². The predicted molar refractivity (Wildman–Crippen MR) is 124 cm³/mol. The SMILES string of the molecule is COc1cccc(NC(=S)NC[C@H](c2ccccc2)c2c[nH]c3ccccc23)c1. The standard InChI is InChI=1S/C24H23N3OS/c1-28-19-11-7-10-18(14-19)27-24(29)26-15-21(17-8-3-2-4-9-17)22-16-25-23-13-6-5-12-20(22)23/h2-14,16,21,25H,15H2,1H3,(H2,26,27,29)/t21-/m1/s1. The number of para-hydroxylation sites is 1. The Morgan fingerprint density at radius 3 is 2.62 bits per heavy atom. The first kappa shape index (κ1) is 19.0. The third-order valence-corrected chi connectivity index (χ3v) is 5.24. The van der Waals surface area contributed by atoms with Gasteiger partial charge >= 0.3 is 0 Å². The smallest absolute Gasteiger partial charge is 0.170 e. The molecule has 4 rings (SSSR count). The van der Waals surface area contributed by atoms with Crippen molar-refractivity contribution in [2.75, 3.05) is 19.0 Å².